The maximum absolute atomic E-state index is 13.8. The molecule has 0 aromatic rings. The molecular weight excluding hydrogens is 407 g/mol. The highest BCUT2D eigenvalue weighted by Gasteiger charge is 2.62. The van der Waals surface area contributed by atoms with Gasteiger partial charge in [-0.05, 0) is 25.7 Å². The van der Waals surface area contributed by atoms with Crippen LogP contribution in [0.5, 0.6) is 0 Å². The minimum Gasteiger partial charge on any atom is -0.459 e. The number of ether oxygens (including phenoxy) is 1. The van der Waals surface area contributed by atoms with Gasteiger partial charge >= 0.3 is 18.1 Å². The molecule has 2 nitrogen and oxygen atoms in total. The molecule has 11 heteroatoms. The van der Waals surface area contributed by atoms with Crippen LogP contribution in [0.15, 0.2) is 12.2 Å². The molecule has 0 aliphatic carbocycles. The Morgan fingerprint density at radius 1 is 0.929 bits per heavy atom. The van der Waals surface area contributed by atoms with E-state index < -0.39 is 61.7 Å². The molecule has 166 valence electrons. The summed E-state index contributed by atoms with van der Waals surface area (Å²) in [6, 6.07) is 0. The van der Waals surface area contributed by atoms with Crippen molar-refractivity contribution in [1.82, 2.24) is 0 Å². The Morgan fingerprint density at radius 2 is 1.43 bits per heavy atom. The van der Waals surface area contributed by atoms with Gasteiger partial charge in [0.25, 0.3) is 11.8 Å². The second kappa shape index (κ2) is 9.39. The minimum atomic E-state index is -6.27. The summed E-state index contributed by atoms with van der Waals surface area (Å²) < 4.78 is 121. The number of rotatable bonds is 11. The number of esters is 1. The Bertz CT molecular complexity index is 539. The van der Waals surface area contributed by atoms with E-state index in [0.29, 0.717) is 0 Å². The van der Waals surface area contributed by atoms with Crippen molar-refractivity contribution in [2.75, 3.05) is 0 Å². The predicted octanol–water partition coefficient (Wildman–Crippen LogP) is 6.55. The van der Waals surface area contributed by atoms with Crippen LogP contribution in [0, 0.1) is 5.92 Å². The lowest BCUT2D eigenvalue weighted by molar-refractivity contribution is -0.304. The highest BCUT2D eigenvalue weighted by Crippen LogP contribution is 2.46. The van der Waals surface area contributed by atoms with Crippen molar-refractivity contribution in [3.05, 3.63) is 12.2 Å². The second-order valence-electron chi connectivity index (χ2n) is 7.24. The average molecular weight is 430 g/mol. The molecule has 0 N–H and O–H groups in total. The molecule has 0 amide bonds. The number of halogens is 9. The highest BCUT2D eigenvalue weighted by molar-refractivity contribution is 5.87. The first kappa shape index (κ1) is 26.6. The van der Waals surface area contributed by atoms with E-state index in [4.69, 9.17) is 4.74 Å². The molecule has 0 aliphatic rings. The third-order valence-corrected chi connectivity index (χ3v) is 3.60. The summed E-state index contributed by atoms with van der Waals surface area (Å²) in [5.74, 6) is -16.0. The lowest BCUT2D eigenvalue weighted by Crippen LogP contribution is -2.43. The van der Waals surface area contributed by atoms with Crippen LogP contribution in [0.1, 0.15) is 52.9 Å². The van der Waals surface area contributed by atoms with Gasteiger partial charge in [0.2, 0.25) is 0 Å². The van der Waals surface area contributed by atoms with E-state index in [0.717, 1.165) is 0 Å². The van der Waals surface area contributed by atoms with Crippen LogP contribution in [0.4, 0.5) is 39.5 Å². The third-order valence-electron chi connectivity index (χ3n) is 3.60. The van der Waals surface area contributed by atoms with Gasteiger partial charge in [0.1, 0.15) is 6.10 Å². The summed E-state index contributed by atoms with van der Waals surface area (Å²) in [4.78, 5) is 11.5. The molecule has 0 aliphatic heterocycles. The zero-order valence-corrected chi connectivity index (χ0v) is 15.6. The summed E-state index contributed by atoms with van der Waals surface area (Å²) in [7, 11) is 0. The summed E-state index contributed by atoms with van der Waals surface area (Å²) in [5, 5.41) is 0. The van der Waals surface area contributed by atoms with E-state index in [-0.39, 0.29) is 17.9 Å². The standard InChI is InChI=1S/C17H23F9O2/c1-10(2)7-12(28-13(27)11(3)4)5-6-14(18,19)8-15(20,21)9-16(22,23)17(24,25)26/h10,12H,3,5-9H2,1-2,4H3. The van der Waals surface area contributed by atoms with E-state index >= 15 is 0 Å². The van der Waals surface area contributed by atoms with Crippen LogP contribution in [0.2, 0.25) is 0 Å². The monoisotopic (exact) mass is 430 g/mol. The number of carbonyl (C=O) groups excluding carboxylic acids is 1. The van der Waals surface area contributed by atoms with Crippen molar-refractivity contribution in [2.45, 2.75) is 82.9 Å². The molecule has 0 saturated carbocycles. The normalized spacial score (nSPS) is 14.9. The van der Waals surface area contributed by atoms with Gasteiger partial charge in [0, 0.05) is 12.0 Å². The Kier molecular flexibility index (Phi) is 8.91. The summed E-state index contributed by atoms with van der Waals surface area (Å²) >= 11 is 0. The lowest BCUT2D eigenvalue weighted by Gasteiger charge is -2.28. The molecule has 28 heavy (non-hydrogen) atoms. The van der Waals surface area contributed by atoms with Gasteiger partial charge in [0.15, 0.2) is 0 Å². The Morgan fingerprint density at radius 3 is 1.82 bits per heavy atom. The van der Waals surface area contributed by atoms with Gasteiger partial charge in [-0.25, -0.2) is 22.4 Å². The van der Waals surface area contributed by atoms with Crippen LogP contribution < -0.4 is 0 Å². The molecular formula is C17H23F9O2. The SMILES string of the molecule is C=C(C)C(=O)OC(CCC(F)(F)CC(F)(F)CC(F)(F)C(F)(F)F)CC(C)C. The summed E-state index contributed by atoms with van der Waals surface area (Å²) in [6.07, 6.45) is -14.6. The van der Waals surface area contributed by atoms with E-state index in [9.17, 15) is 44.3 Å². The van der Waals surface area contributed by atoms with Gasteiger partial charge in [-0.2, -0.15) is 22.0 Å². The number of hydrogen-bond donors (Lipinski definition) is 0. The quantitative estimate of drug-likeness (QED) is 0.211. The Balaban J connectivity index is 5.03. The molecule has 0 saturated heterocycles. The van der Waals surface area contributed by atoms with Gasteiger partial charge in [-0.3, -0.25) is 0 Å². The summed E-state index contributed by atoms with van der Waals surface area (Å²) in [6.45, 7) is 8.00. The van der Waals surface area contributed by atoms with Crippen LogP contribution in [0.3, 0.4) is 0 Å². The highest BCUT2D eigenvalue weighted by atomic mass is 19.4. The van der Waals surface area contributed by atoms with E-state index in [1.165, 1.54) is 6.92 Å². The van der Waals surface area contributed by atoms with Crippen LogP contribution in [0.25, 0.3) is 0 Å². The topological polar surface area (TPSA) is 26.3 Å². The van der Waals surface area contributed by atoms with Gasteiger partial charge in [-0.1, -0.05) is 20.4 Å². The largest absolute Gasteiger partial charge is 0.459 e. The van der Waals surface area contributed by atoms with Gasteiger partial charge < -0.3 is 4.74 Å². The Labute approximate surface area is 157 Å². The van der Waals surface area contributed by atoms with Crippen LogP contribution >= 0.6 is 0 Å². The van der Waals surface area contributed by atoms with Crippen molar-refractivity contribution in [1.29, 1.82) is 0 Å². The fraction of sp³-hybridized carbons (Fsp3) is 0.824. The number of hydrogen-bond acceptors (Lipinski definition) is 2. The van der Waals surface area contributed by atoms with Crippen molar-refractivity contribution in [2.24, 2.45) is 5.92 Å². The first-order valence-electron chi connectivity index (χ1n) is 8.35. The minimum absolute atomic E-state index is 0.0126. The maximum atomic E-state index is 13.8. The first-order chi connectivity index (χ1) is 12.3. The van der Waals surface area contributed by atoms with Crippen molar-refractivity contribution >= 4 is 5.97 Å². The van der Waals surface area contributed by atoms with Gasteiger partial charge in [-0.15, -0.1) is 0 Å². The molecule has 0 radical (unpaired) electrons. The lowest BCUT2D eigenvalue weighted by atomic mass is 9.96. The fourth-order valence-corrected chi connectivity index (χ4v) is 2.33. The maximum Gasteiger partial charge on any atom is 0.453 e. The zero-order valence-electron chi connectivity index (χ0n) is 15.6. The molecule has 0 aromatic carbocycles. The Hall–Kier alpha value is -1.42. The van der Waals surface area contributed by atoms with Crippen molar-refractivity contribution < 1.29 is 49.0 Å². The molecule has 0 rings (SSSR count). The van der Waals surface area contributed by atoms with E-state index in [1.54, 1.807) is 13.8 Å². The predicted molar refractivity (Wildman–Crippen MR) is 83.5 cm³/mol. The third kappa shape index (κ3) is 9.68. The molecule has 1 atom stereocenters. The van der Waals surface area contributed by atoms with E-state index in [2.05, 4.69) is 6.58 Å². The molecule has 1 unspecified atom stereocenters. The van der Waals surface area contributed by atoms with Gasteiger partial charge in [0.05, 0.1) is 12.8 Å². The fourth-order valence-electron chi connectivity index (χ4n) is 2.33. The number of carbonyl (C=O) groups is 1. The van der Waals surface area contributed by atoms with Crippen LogP contribution in [-0.2, 0) is 9.53 Å². The van der Waals surface area contributed by atoms with Crippen LogP contribution in [-0.4, -0.2) is 36.0 Å². The van der Waals surface area contributed by atoms with E-state index in [1.807, 2.05) is 0 Å². The second-order valence-corrected chi connectivity index (χ2v) is 7.24. The van der Waals surface area contributed by atoms with Crippen molar-refractivity contribution in [3.8, 4) is 0 Å². The molecule has 0 aromatic heterocycles. The van der Waals surface area contributed by atoms with Crippen molar-refractivity contribution in [3.63, 3.8) is 0 Å². The molecule has 0 fully saturated rings. The smallest absolute Gasteiger partial charge is 0.453 e. The average Bonchev–Trinajstić information content (AvgIpc) is 2.40. The zero-order chi connectivity index (χ0) is 22.6. The first-order valence-corrected chi connectivity index (χ1v) is 8.35. The summed E-state index contributed by atoms with van der Waals surface area (Å²) in [5.41, 5.74) is -0.0126. The number of alkyl halides is 9. The molecule has 0 spiro atoms. The molecule has 0 heterocycles. The molecule has 0 bridgehead atoms.